The van der Waals surface area contributed by atoms with Crippen molar-refractivity contribution in [3.05, 3.63) is 0 Å². The monoisotopic (exact) mass is 128 g/mol. The van der Waals surface area contributed by atoms with Crippen molar-refractivity contribution in [2.75, 3.05) is 19.6 Å². The quantitative estimate of drug-likeness (QED) is 0.584. The first-order valence-electron chi connectivity index (χ1n) is 3.62. The van der Waals surface area contributed by atoms with Gasteiger partial charge in [0.05, 0.1) is 0 Å². The normalized spacial score (nSPS) is 21.7. The molecule has 2 nitrogen and oxygen atoms in total. The highest BCUT2D eigenvalue weighted by Gasteiger charge is 2.28. The van der Waals surface area contributed by atoms with Crippen molar-refractivity contribution < 1.29 is 0 Å². The van der Waals surface area contributed by atoms with Crippen molar-refractivity contribution in [3.8, 4) is 0 Å². The fraction of sp³-hybridized carbons (Fsp3) is 1.00. The first-order valence-corrected chi connectivity index (χ1v) is 3.62. The molecule has 1 rings (SSSR count). The Balaban J connectivity index is 2.37. The van der Waals surface area contributed by atoms with E-state index in [9.17, 15) is 0 Å². The number of nitrogens with two attached hydrogens (primary N) is 1. The molecule has 1 fully saturated rings. The molecule has 9 heavy (non-hydrogen) atoms. The van der Waals surface area contributed by atoms with E-state index >= 15 is 0 Å². The summed E-state index contributed by atoms with van der Waals surface area (Å²) in [6.45, 7) is 7.65. The third-order valence-corrected chi connectivity index (χ3v) is 2.21. The van der Waals surface area contributed by atoms with Crippen LogP contribution in [0.4, 0.5) is 0 Å². The minimum atomic E-state index is 0.248. The van der Waals surface area contributed by atoms with Crippen LogP contribution in [0.2, 0.25) is 0 Å². The van der Waals surface area contributed by atoms with Gasteiger partial charge in [0.2, 0.25) is 0 Å². The Morgan fingerprint density at radius 1 is 1.44 bits per heavy atom. The van der Waals surface area contributed by atoms with Crippen LogP contribution in [0.25, 0.3) is 0 Å². The third kappa shape index (κ3) is 1.25. The number of hydrogen-bond donors (Lipinski definition) is 1. The molecular formula is C7H16N2. The Labute approximate surface area is 57.0 Å². The summed E-state index contributed by atoms with van der Waals surface area (Å²) in [6.07, 6.45) is 1.35. The highest BCUT2D eigenvalue weighted by atomic mass is 15.2. The van der Waals surface area contributed by atoms with Crippen molar-refractivity contribution in [1.82, 2.24) is 4.90 Å². The molecule has 0 radical (unpaired) electrons. The van der Waals surface area contributed by atoms with Crippen molar-refractivity contribution >= 4 is 0 Å². The molecule has 0 saturated carbocycles. The summed E-state index contributed by atoms with van der Waals surface area (Å²) in [5, 5.41) is 0. The van der Waals surface area contributed by atoms with E-state index < -0.39 is 0 Å². The second kappa shape index (κ2) is 2.27. The highest BCUT2D eigenvalue weighted by molar-refractivity contribution is 4.86. The summed E-state index contributed by atoms with van der Waals surface area (Å²) < 4.78 is 0. The van der Waals surface area contributed by atoms with Crippen molar-refractivity contribution in [2.24, 2.45) is 5.73 Å². The summed E-state index contributed by atoms with van der Waals surface area (Å²) in [4.78, 5) is 2.42. The average molecular weight is 128 g/mol. The van der Waals surface area contributed by atoms with Gasteiger partial charge < -0.3 is 5.73 Å². The zero-order valence-electron chi connectivity index (χ0n) is 6.35. The van der Waals surface area contributed by atoms with Crippen LogP contribution in [0.5, 0.6) is 0 Å². The molecule has 1 heterocycles. The minimum Gasteiger partial charge on any atom is -0.329 e. The molecule has 0 atom stereocenters. The number of rotatable bonds is 2. The summed E-state index contributed by atoms with van der Waals surface area (Å²) in [5.74, 6) is 0. The summed E-state index contributed by atoms with van der Waals surface area (Å²) in [5.41, 5.74) is 5.82. The second-order valence-electron chi connectivity index (χ2n) is 3.36. The largest absolute Gasteiger partial charge is 0.329 e. The fourth-order valence-corrected chi connectivity index (χ4v) is 1.05. The van der Waals surface area contributed by atoms with E-state index in [-0.39, 0.29) is 5.54 Å². The Morgan fingerprint density at radius 2 is 2.00 bits per heavy atom. The lowest BCUT2D eigenvalue weighted by molar-refractivity contribution is 0.0616. The lowest BCUT2D eigenvalue weighted by atomic mass is 9.99. The van der Waals surface area contributed by atoms with E-state index in [0.29, 0.717) is 0 Å². The molecule has 1 aliphatic heterocycles. The third-order valence-electron chi connectivity index (χ3n) is 2.21. The van der Waals surface area contributed by atoms with E-state index in [1.807, 2.05) is 0 Å². The minimum absolute atomic E-state index is 0.248. The maximum atomic E-state index is 5.58. The Hall–Kier alpha value is -0.0800. The molecule has 0 bridgehead atoms. The lowest BCUT2D eigenvalue weighted by Gasteiger charge is -2.43. The van der Waals surface area contributed by atoms with Crippen LogP contribution in [-0.2, 0) is 0 Å². The van der Waals surface area contributed by atoms with Gasteiger partial charge in [0.25, 0.3) is 0 Å². The number of hydrogen-bond acceptors (Lipinski definition) is 2. The molecule has 0 aromatic carbocycles. The summed E-state index contributed by atoms with van der Waals surface area (Å²) in [7, 11) is 0. The molecule has 0 amide bonds. The molecule has 0 aliphatic carbocycles. The number of nitrogens with zero attached hydrogens (tertiary/aromatic N) is 1. The predicted octanol–water partition coefficient (Wildman–Crippen LogP) is 0.429. The van der Waals surface area contributed by atoms with E-state index in [4.69, 9.17) is 5.73 Å². The van der Waals surface area contributed by atoms with Gasteiger partial charge in [-0.2, -0.15) is 0 Å². The van der Waals surface area contributed by atoms with Gasteiger partial charge in [0.1, 0.15) is 0 Å². The smallest absolute Gasteiger partial charge is 0.0275 e. The average Bonchev–Trinajstić information content (AvgIpc) is 1.60. The van der Waals surface area contributed by atoms with Gasteiger partial charge in [-0.15, -0.1) is 0 Å². The molecule has 0 spiro atoms. The zero-order valence-corrected chi connectivity index (χ0v) is 6.35. The molecule has 2 N–H and O–H groups in total. The standard InChI is InChI=1S/C7H16N2/c1-7(2,6-8)9-4-3-5-9/h3-6,8H2,1-2H3. The zero-order chi connectivity index (χ0) is 6.91. The molecular weight excluding hydrogens is 112 g/mol. The van der Waals surface area contributed by atoms with Crippen LogP contribution in [0, 0.1) is 0 Å². The molecule has 54 valence electrons. The molecule has 0 aromatic rings. The number of likely N-dealkylation sites (tertiary alicyclic amines) is 1. The summed E-state index contributed by atoms with van der Waals surface area (Å²) in [6, 6.07) is 0. The van der Waals surface area contributed by atoms with E-state index in [0.717, 1.165) is 6.54 Å². The molecule has 0 unspecified atom stereocenters. The van der Waals surface area contributed by atoms with Crippen LogP contribution in [0.3, 0.4) is 0 Å². The van der Waals surface area contributed by atoms with Gasteiger partial charge in [0.15, 0.2) is 0 Å². The van der Waals surface area contributed by atoms with E-state index in [2.05, 4.69) is 18.7 Å². The van der Waals surface area contributed by atoms with Crippen molar-refractivity contribution in [2.45, 2.75) is 25.8 Å². The molecule has 0 aromatic heterocycles. The van der Waals surface area contributed by atoms with Crippen LogP contribution in [0.15, 0.2) is 0 Å². The van der Waals surface area contributed by atoms with Crippen molar-refractivity contribution in [3.63, 3.8) is 0 Å². The molecule has 1 aliphatic rings. The maximum absolute atomic E-state index is 5.58. The SMILES string of the molecule is CC(C)(CN)N1CCC1. The topological polar surface area (TPSA) is 29.3 Å². The molecule has 2 heteroatoms. The Morgan fingerprint density at radius 3 is 2.11 bits per heavy atom. The fourth-order valence-electron chi connectivity index (χ4n) is 1.05. The highest BCUT2D eigenvalue weighted by Crippen LogP contribution is 2.19. The second-order valence-corrected chi connectivity index (χ2v) is 3.36. The van der Waals surface area contributed by atoms with E-state index in [1.54, 1.807) is 0 Å². The van der Waals surface area contributed by atoms with Crippen LogP contribution in [-0.4, -0.2) is 30.1 Å². The van der Waals surface area contributed by atoms with Gasteiger partial charge in [0, 0.05) is 12.1 Å². The summed E-state index contributed by atoms with van der Waals surface area (Å²) >= 11 is 0. The van der Waals surface area contributed by atoms with Gasteiger partial charge in [-0.05, 0) is 33.4 Å². The van der Waals surface area contributed by atoms with Gasteiger partial charge in [-0.25, -0.2) is 0 Å². The van der Waals surface area contributed by atoms with E-state index in [1.165, 1.54) is 19.5 Å². The first kappa shape index (κ1) is 7.03. The maximum Gasteiger partial charge on any atom is 0.0275 e. The van der Waals surface area contributed by atoms with Gasteiger partial charge >= 0.3 is 0 Å². The van der Waals surface area contributed by atoms with Gasteiger partial charge in [-0.1, -0.05) is 0 Å². The first-order chi connectivity index (χ1) is 4.17. The van der Waals surface area contributed by atoms with Crippen LogP contribution >= 0.6 is 0 Å². The predicted molar refractivity (Wildman–Crippen MR) is 39.3 cm³/mol. The van der Waals surface area contributed by atoms with Crippen LogP contribution in [0.1, 0.15) is 20.3 Å². The lowest BCUT2D eigenvalue weighted by Crippen LogP contribution is -2.55. The molecule has 1 saturated heterocycles. The Bertz CT molecular complexity index is 95.1. The van der Waals surface area contributed by atoms with Gasteiger partial charge in [-0.3, -0.25) is 4.90 Å². The van der Waals surface area contributed by atoms with Crippen LogP contribution < -0.4 is 5.73 Å². The van der Waals surface area contributed by atoms with Crippen molar-refractivity contribution in [1.29, 1.82) is 0 Å². The Kier molecular flexibility index (Phi) is 1.78.